The fraction of sp³-hybridized carbons (Fsp3) is 0.957. The molecule has 0 radical (unpaired) electrons. The van der Waals surface area contributed by atoms with Crippen molar-refractivity contribution in [2.75, 3.05) is 78.5 Å². The lowest BCUT2D eigenvalue weighted by atomic mass is 10.0. The molecular formula is C23H44N6O. The predicted octanol–water partition coefficient (Wildman–Crippen LogP) is 0.0717. The molecular weight excluding hydrogens is 376 g/mol. The molecule has 0 amide bonds. The molecule has 0 bridgehead atoms. The Hall–Kier alpha value is -0.570. The second-order valence-corrected chi connectivity index (χ2v) is 9.86. The SMILES string of the molecule is CC(C(=O)C(C)N1CCN(C2CCNCC2)CC1)N1CCN(C2CCNCC2)CC1. The van der Waals surface area contributed by atoms with Crippen LogP contribution in [0.3, 0.4) is 0 Å². The summed E-state index contributed by atoms with van der Waals surface area (Å²) in [6.07, 6.45) is 5.09. The van der Waals surface area contributed by atoms with E-state index in [1.807, 2.05) is 0 Å². The molecule has 4 heterocycles. The van der Waals surface area contributed by atoms with Gasteiger partial charge in [-0.2, -0.15) is 0 Å². The van der Waals surface area contributed by atoms with Crippen LogP contribution in [0.2, 0.25) is 0 Å². The molecule has 0 aromatic rings. The van der Waals surface area contributed by atoms with Gasteiger partial charge in [-0.25, -0.2) is 0 Å². The zero-order valence-corrected chi connectivity index (χ0v) is 19.3. The molecule has 4 rings (SSSR count). The van der Waals surface area contributed by atoms with Crippen LogP contribution in [0, 0.1) is 0 Å². The Labute approximate surface area is 183 Å². The van der Waals surface area contributed by atoms with Crippen molar-refractivity contribution < 1.29 is 4.79 Å². The number of Topliss-reactive ketones (excluding diaryl/α,β-unsaturated/α-hetero) is 1. The zero-order valence-electron chi connectivity index (χ0n) is 19.3. The van der Waals surface area contributed by atoms with Gasteiger partial charge in [0.1, 0.15) is 0 Å². The van der Waals surface area contributed by atoms with Crippen LogP contribution in [-0.4, -0.2) is 128 Å². The first kappa shape index (κ1) is 22.6. The van der Waals surface area contributed by atoms with Crippen molar-refractivity contribution in [3.05, 3.63) is 0 Å². The minimum atomic E-state index is 0.0395. The van der Waals surface area contributed by atoms with Gasteiger partial charge >= 0.3 is 0 Å². The van der Waals surface area contributed by atoms with E-state index in [1.54, 1.807) is 0 Å². The summed E-state index contributed by atoms with van der Waals surface area (Å²) in [7, 11) is 0. The fourth-order valence-corrected chi connectivity index (χ4v) is 6.03. The highest BCUT2D eigenvalue weighted by Gasteiger charge is 2.34. The normalized spacial score (nSPS) is 29.7. The largest absolute Gasteiger partial charge is 0.317 e. The van der Waals surface area contributed by atoms with Gasteiger partial charge in [-0.1, -0.05) is 0 Å². The van der Waals surface area contributed by atoms with Crippen LogP contribution < -0.4 is 10.6 Å². The molecule has 2 unspecified atom stereocenters. The number of nitrogens with zero attached hydrogens (tertiary/aromatic N) is 4. The quantitative estimate of drug-likeness (QED) is 0.631. The summed E-state index contributed by atoms with van der Waals surface area (Å²) >= 11 is 0. The van der Waals surface area contributed by atoms with Crippen LogP contribution in [0.5, 0.6) is 0 Å². The van der Waals surface area contributed by atoms with Gasteiger partial charge < -0.3 is 10.6 Å². The molecule has 7 heteroatoms. The first-order valence-electron chi connectivity index (χ1n) is 12.5. The van der Waals surface area contributed by atoms with Crippen molar-refractivity contribution >= 4 is 5.78 Å². The van der Waals surface area contributed by atoms with Crippen LogP contribution >= 0.6 is 0 Å². The average molecular weight is 421 g/mol. The van der Waals surface area contributed by atoms with Gasteiger partial charge in [0, 0.05) is 64.4 Å². The van der Waals surface area contributed by atoms with Crippen LogP contribution in [0.25, 0.3) is 0 Å². The Balaban J connectivity index is 1.21. The second-order valence-electron chi connectivity index (χ2n) is 9.86. The number of rotatable bonds is 6. The zero-order chi connectivity index (χ0) is 20.9. The fourth-order valence-electron chi connectivity index (χ4n) is 6.03. The van der Waals surface area contributed by atoms with Crippen molar-refractivity contribution in [2.24, 2.45) is 0 Å². The van der Waals surface area contributed by atoms with Crippen LogP contribution in [0.15, 0.2) is 0 Å². The van der Waals surface area contributed by atoms with E-state index in [1.165, 1.54) is 25.7 Å². The van der Waals surface area contributed by atoms with E-state index in [0.717, 1.165) is 90.6 Å². The van der Waals surface area contributed by atoms with Crippen LogP contribution in [0.4, 0.5) is 0 Å². The van der Waals surface area contributed by atoms with Crippen molar-refractivity contribution in [1.29, 1.82) is 0 Å². The number of carbonyl (C=O) groups is 1. The molecule has 4 aliphatic heterocycles. The maximum atomic E-state index is 13.3. The second kappa shape index (κ2) is 10.8. The summed E-state index contributed by atoms with van der Waals surface area (Å²) in [4.78, 5) is 23.5. The van der Waals surface area contributed by atoms with E-state index in [4.69, 9.17) is 0 Å². The third kappa shape index (κ3) is 5.43. The average Bonchev–Trinajstić information content (AvgIpc) is 2.84. The number of hydrogen-bond donors (Lipinski definition) is 2. The van der Waals surface area contributed by atoms with Crippen molar-refractivity contribution in [1.82, 2.24) is 30.2 Å². The van der Waals surface area contributed by atoms with E-state index in [2.05, 4.69) is 44.1 Å². The standard InChI is InChI=1S/C23H44N6O/c1-19(26-11-15-28(16-12-26)21-3-7-24-8-4-21)23(30)20(2)27-13-17-29(18-14-27)22-5-9-25-10-6-22/h19-22,24-25H,3-18H2,1-2H3. The smallest absolute Gasteiger partial charge is 0.166 e. The third-order valence-corrected chi connectivity index (χ3v) is 8.27. The number of nitrogens with one attached hydrogen (secondary N) is 2. The molecule has 7 nitrogen and oxygen atoms in total. The molecule has 4 saturated heterocycles. The Bertz CT molecular complexity index is 486. The van der Waals surface area contributed by atoms with E-state index in [-0.39, 0.29) is 12.1 Å². The molecule has 0 aliphatic carbocycles. The Morgan fingerprint density at radius 3 is 1.30 bits per heavy atom. The van der Waals surface area contributed by atoms with E-state index >= 15 is 0 Å². The molecule has 0 spiro atoms. The first-order chi connectivity index (χ1) is 14.6. The highest BCUT2D eigenvalue weighted by Crippen LogP contribution is 2.19. The van der Waals surface area contributed by atoms with Gasteiger partial charge in [0.15, 0.2) is 5.78 Å². The van der Waals surface area contributed by atoms with Gasteiger partial charge in [-0.05, 0) is 65.7 Å². The Morgan fingerprint density at radius 2 is 0.967 bits per heavy atom. The summed E-state index contributed by atoms with van der Waals surface area (Å²) < 4.78 is 0. The van der Waals surface area contributed by atoms with E-state index < -0.39 is 0 Å². The number of piperidine rings is 2. The molecule has 0 saturated carbocycles. The molecule has 4 fully saturated rings. The molecule has 2 N–H and O–H groups in total. The molecule has 30 heavy (non-hydrogen) atoms. The molecule has 2 atom stereocenters. The van der Waals surface area contributed by atoms with E-state index in [9.17, 15) is 4.79 Å². The lowest BCUT2D eigenvalue weighted by Crippen LogP contribution is -2.59. The van der Waals surface area contributed by atoms with Gasteiger partial charge in [-0.3, -0.25) is 24.4 Å². The van der Waals surface area contributed by atoms with Crippen molar-refractivity contribution in [3.8, 4) is 0 Å². The summed E-state index contributed by atoms with van der Waals surface area (Å²) in [5, 5.41) is 6.94. The third-order valence-electron chi connectivity index (χ3n) is 8.27. The van der Waals surface area contributed by atoms with Crippen LogP contribution in [-0.2, 0) is 4.79 Å². The first-order valence-corrected chi connectivity index (χ1v) is 12.5. The maximum Gasteiger partial charge on any atom is 0.166 e. The summed E-state index contributed by atoms with van der Waals surface area (Å²) in [5.74, 6) is 0.417. The van der Waals surface area contributed by atoms with Crippen molar-refractivity contribution in [3.63, 3.8) is 0 Å². The summed E-state index contributed by atoms with van der Waals surface area (Å²) in [5.41, 5.74) is 0. The van der Waals surface area contributed by atoms with Crippen molar-refractivity contribution in [2.45, 2.75) is 63.7 Å². The minimum absolute atomic E-state index is 0.0395. The lowest BCUT2D eigenvalue weighted by molar-refractivity contribution is -0.130. The van der Waals surface area contributed by atoms with Gasteiger partial charge in [0.05, 0.1) is 12.1 Å². The number of piperazine rings is 2. The lowest BCUT2D eigenvalue weighted by Gasteiger charge is -2.44. The Kier molecular flexibility index (Phi) is 8.17. The molecule has 4 aliphatic rings. The summed E-state index contributed by atoms with van der Waals surface area (Å²) in [6.45, 7) is 17.5. The number of hydrogen-bond acceptors (Lipinski definition) is 7. The monoisotopic (exact) mass is 420 g/mol. The number of carbonyl (C=O) groups excluding carboxylic acids is 1. The van der Waals surface area contributed by atoms with Gasteiger partial charge in [0.25, 0.3) is 0 Å². The Morgan fingerprint density at radius 1 is 0.633 bits per heavy atom. The maximum absolute atomic E-state index is 13.3. The highest BCUT2D eigenvalue weighted by atomic mass is 16.1. The highest BCUT2D eigenvalue weighted by molar-refractivity contribution is 5.88. The minimum Gasteiger partial charge on any atom is -0.317 e. The van der Waals surface area contributed by atoms with Crippen LogP contribution in [0.1, 0.15) is 39.5 Å². The van der Waals surface area contributed by atoms with Gasteiger partial charge in [-0.15, -0.1) is 0 Å². The summed E-state index contributed by atoms with van der Waals surface area (Å²) in [6, 6.07) is 1.57. The molecule has 0 aromatic heterocycles. The molecule has 172 valence electrons. The molecule has 0 aromatic carbocycles. The predicted molar refractivity (Wildman–Crippen MR) is 122 cm³/mol. The topological polar surface area (TPSA) is 54.1 Å². The number of ketones is 1. The van der Waals surface area contributed by atoms with E-state index in [0.29, 0.717) is 5.78 Å². The van der Waals surface area contributed by atoms with Gasteiger partial charge in [0.2, 0.25) is 0 Å².